The van der Waals surface area contributed by atoms with E-state index in [1.807, 2.05) is 12.1 Å². The molecular weight excluding hydrogens is 242 g/mol. The molecule has 1 aromatic carbocycles. The number of methoxy groups -OCH3 is 1. The number of carbonyl (C=O) groups is 1. The van der Waals surface area contributed by atoms with Crippen LogP contribution in [0.1, 0.15) is 28.8 Å². The fraction of sp³-hybridized carbons (Fsp3) is 0.533. The third-order valence-electron chi connectivity index (χ3n) is 3.37. The molecule has 1 saturated heterocycles. The van der Waals surface area contributed by atoms with E-state index in [1.165, 1.54) is 19.1 Å². The molecule has 1 aliphatic rings. The Balaban J connectivity index is 1.86. The van der Waals surface area contributed by atoms with E-state index >= 15 is 0 Å². The topological polar surface area (TPSA) is 38.8 Å². The van der Waals surface area contributed by atoms with Crippen molar-refractivity contribution in [2.75, 3.05) is 27.3 Å². The van der Waals surface area contributed by atoms with Crippen molar-refractivity contribution in [2.45, 2.75) is 25.5 Å². The molecule has 1 aliphatic heterocycles. The van der Waals surface area contributed by atoms with Crippen molar-refractivity contribution in [2.24, 2.45) is 0 Å². The number of rotatable bonds is 5. The molecule has 2 rings (SSSR count). The van der Waals surface area contributed by atoms with Gasteiger partial charge in [-0.25, -0.2) is 4.79 Å². The van der Waals surface area contributed by atoms with E-state index in [2.05, 4.69) is 16.7 Å². The zero-order valence-electron chi connectivity index (χ0n) is 11.6. The summed E-state index contributed by atoms with van der Waals surface area (Å²) in [5, 5.41) is 0. The minimum atomic E-state index is -0.292. The third-order valence-corrected chi connectivity index (χ3v) is 3.37. The number of hydrogen-bond acceptors (Lipinski definition) is 4. The minimum absolute atomic E-state index is 0.292. The molecule has 1 atom stereocenters. The van der Waals surface area contributed by atoms with Gasteiger partial charge in [0.15, 0.2) is 0 Å². The average molecular weight is 263 g/mol. The van der Waals surface area contributed by atoms with Gasteiger partial charge in [0.25, 0.3) is 0 Å². The quantitative estimate of drug-likeness (QED) is 0.762. The Morgan fingerprint density at radius 3 is 2.74 bits per heavy atom. The van der Waals surface area contributed by atoms with E-state index in [0.717, 1.165) is 26.1 Å². The molecule has 0 spiro atoms. The lowest BCUT2D eigenvalue weighted by atomic mass is 10.1. The molecule has 0 radical (unpaired) electrons. The highest BCUT2D eigenvalue weighted by Crippen LogP contribution is 2.14. The van der Waals surface area contributed by atoms with Crippen LogP contribution in [0, 0.1) is 0 Å². The van der Waals surface area contributed by atoms with E-state index in [-0.39, 0.29) is 5.97 Å². The fourth-order valence-electron chi connectivity index (χ4n) is 2.38. The molecule has 4 heteroatoms. The summed E-state index contributed by atoms with van der Waals surface area (Å²) in [5.41, 5.74) is 1.78. The first-order valence-corrected chi connectivity index (χ1v) is 6.66. The molecule has 0 saturated carbocycles. The monoisotopic (exact) mass is 263 g/mol. The number of ether oxygens (including phenoxy) is 2. The van der Waals surface area contributed by atoms with Gasteiger partial charge >= 0.3 is 5.97 Å². The SMILES string of the molecule is COC(=O)c1ccc(CN(C)CC2CCCO2)cc1. The van der Waals surface area contributed by atoms with Gasteiger partial charge in [0.1, 0.15) is 0 Å². The van der Waals surface area contributed by atoms with E-state index in [0.29, 0.717) is 11.7 Å². The summed E-state index contributed by atoms with van der Waals surface area (Å²) >= 11 is 0. The smallest absolute Gasteiger partial charge is 0.337 e. The molecule has 19 heavy (non-hydrogen) atoms. The number of hydrogen-bond donors (Lipinski definition) is 0. The van der Waals surface area contributed by atoms with Gasteiger partial charge < -0.3 is 9.47 Å². The van der Waals surface area contributed by atoms with Crippen LogP contribution in [0.15, 0.2) is 24.3 Å². The van der Waals surface area contributed by atoms with E-state index in [9.17, 15) is 4.79 Å². The Morgan fingerprint density at radius 2 is 2.16 bits per heavy atom. The minimum Gasteiger partial charge on any atom is -0.465 e. The summed E-state index contributed by atoms with van der Waals surface area (Å²) in [4.78, 5) is 13.6. The van der Waals surface area contributed by atoms with Crippen LogP contribution in [0.4, 0.5) is 0 Å². The molecule has 0 amide bonds. The largest absolute Gasteiger partial charge is 0.465 e. The van der Waals surface area contributed by atoms with Crippen LogP contribution < -0.4 is 0 Å². The maximum Gasteiger partial charge on any atom is 0.337 e. The molecule has 1 heterocycles. The first-order chi connectivity index (χ1) is 9.19. The zero-order valence-corrected chi connectivity index (χ0v) is 11.6. The summed E-state index contributed by atoms with van der Waals surface area (Å²) < 4.78 is 10.3. The van der Waals surface area contributed by atoms with Crippen molar-refractivity contribution in [3.63, 3.8) is 0 Å². The molecule has 104 valence electrons. The van der Waals surface area contributed by atoms with Crippen LogP contribution in [0.3, 0.4) is 0 Å². The predicted octanol–water partition coefficient (Wildman–Crippen LogP) is 2.08. The van der Waals surface area contributed by atoms with Crippen molar-refractivity contribution in [3.05, 3.63) is 35.4 Å². The fourth-order valence-corrected chi connectivity index (χ4v) is 2.38. The van der Waals surface area contributed by atoms with Gasteiger partial charge in [-0.3, -0.25) is 4.90 Å². The molecule has 0 aromatic heterocycles. The number of carbonyl (C=O) groups excluding carboxylic acids is 1. The summed E-state index contributed by atoms with van der Waals surface area (Å²) in [6, 6.07) is 7.55. The number of benzene rings is 1. The van der Waals surface area contributed by atoms with E-state index in [4.69, 9.17) is 4.74 Å². The van der Waals surface area contributed by atoms with Crippen LogP contribution in [-0.2, 0) is 16.0 Å². The van der Waals surface area contributed by atoms with Crippen LogP contribution in [-0.4, -0.2) is 44.3 Å². The van der Waals surface area contributed by atoms with Crippen molar-refractivity contribution >= 4 is 5.97 Å². The van der Waals surface area contributed by atoms with E-state index in [1.54, 1.807) is 12.1 Å². The van der Waals surface area contributed by atoms with Gasteiger partial charge in [-0.1, -0.05) is 12.1 Å². The Bertz CT molecular complexity index is 410. The lowest BCUT2D eigenvalue weighted by Crippen LogP contribution is -2.28. The first-order valence-electron chi connectivity index (χ1n) is 6.66. The molecule has 0 N–H and O–H groups in total. The lowest BCUT2D eigenvalue weighted by molar-refractivity contribution is 0.0600. The summed E-state index contributed by atoms with van der Waals surface area (Å²) in [6.45, 7) is 2.71. The van der Waals surface area contributed by atoms with Crippen LogP contribution in [0.2, 0.25) is 0 Å². The van der Waals surface area contributed by atoms with Gasteiger partial charge in [0.2, 0.25) is 0 Å². The molecule has 1 fully saturated rings. The highest BCUT2D eigenvalue weighted by molar-refractivity contribution is 5.89. The second-order valence-electron chi connectivity index (χ2n) is 5.02. The number of nitrogens with zero attached hydrogens (tertiary/aromatic N) is 1. The van der Waals surface area contributed by atoms with Gasteiger partial charge in [-0.15, -0.1) is 0 Å². The highest BCUT2D eigenvalue weighted by Gasteiger charge is 2.17. The molecule has 1 unspecified atom stereocenters. The molecular formula is C15H21NO3. The van der Waals surface area contributed by atoms with Crippen LogP contribution in [0.25, 0.3) is 0 Å². The van der Waals surface area contributed by atoms with Crippen LogP contribution in [0.5, 0.6) is 0 Å². The summed E-state index contributed by atoms with van der Waals surface area (Å²) in [7, 11) is 3.49. The predicted molar refractivity (Wildman–Crippen MR) is 73.1 cm³/mol. The van der Waals surface area contributed by atoms with Gasteiger partial charge in [0.05, 0.1) is 18.8 Å². The third kappa shape index (κ3) is 4.04. The molecule has 4 nitrogen and oxygen atoms in total. The van der Waals surface area contributed by atoms with E-state index < -0.39 is 0 Å². The summed E-state index contributed by atoms with van der Waals surface area (Å²) in [6.07, 6.45) is 2.71. The Labute approximate surface area is 114 Å². The van der Waals surface area contributed by atoms with Gasteiger partial charge in [-0.05, 0) is 37.6 Å². The summed E-state index contributed by atoms with van der Waals surface area (Å²) in [5.74, 6) is -0.292. The maximum absolute atomic E-state index is 11.3. The Kier molecular flexibility index (Phi) is 4.93. The zero-order chi connectivity index (χ0) is 13.7. The number of likely N-dealkylation sites (N-methyl/N-ethyl adjacent to an activating group) is 1. The van der Waals surface area contributed by atoms with Gasteiger partial charge in [-0.2, -0.15) is 0 Å². The maximum atomic E-state index is 11.3. The second kappa shape index (κ2) is 6.68. The average Bonchev–Trinajstić information content (AvgIpc) is 2.91. The lowest BCUT2D eigenvalue weighted by Gasteiger charge is -2.20. The van der Waals surface area contributed by atoms with Crippen LogP contribution >= 0.6 is 0 Å². The molecule has 0 aliphatic carbocycles. The normalized spacial score (nSPS) is 18.8. The van der Waals surface area contributed by atoms with Crippen molar-refractivity contribution in [1.29, 1.82) is 0 Å². The Hall–Kier alpha value is -1.39. The molecule has 0 bridgehead atoms. The van der Waals surface area contributed by atoms with Crippen molar-refractivity contribution in [3.8, 4) is 0 Å². The first kappa shape index (κ1) is 14.0. The highest BCUT2D eigenvalue weighted by atomic mass is 16.5. The molecule has 1 aromatic rings. The Morgan fingerprint density at radius 1 is 1.42 bits per heavy atom. The van der Waals surface area contributed by atoms with Crippen molar-refractivity contribution < 1.29 is 14.3 Å². The second-order valence-corrected chi connectivity index (χ2v) is 5.02. The standard InChI is InChI=1S/C15H21NO3/c1-16(11-14-4-3-9-19-14)10-12-5-7-13(8-6-12)15(17)18-2/h5-8,14H,3-4,9-11H2,1-2H3. The van der Waals surface area contributed by atoms with Crippen molar-refractivity contribution in [1.82, 2.24) is 4.90 Å². The van der Waals surface area contributed by atoms with Gasteiger partial charge in [0, 0.05) is 19.7 Å². The number of esters is 1.